The quantitative estimate of drug-likeness (QED) is 0.180. The van der Waals surface area contributed by atoms with Crippen molar-refractivity contribution in [2.75, 3.05) is 11.5 Å². The molecule has 2 heteroatoms. The van der Waals surface area contributed by atoms with Crippen molar-refractivity contribution in [1.82, 2.24) is 0 Å². The van der Waals surface area contributed by atoms with E-state index in [9.17, 15) is 4.55 Å². The molecule has 204 valence electrons. The Kier molecular flexibility index (Phi) is 10.7. The van der Waals surface area contributed by atoms with Crippen LogP contribution in [0.3, 0.4) is 0 Å². The highest BCUT2D eigenvalue weighted by atomic mass is 32.2. The molecule has 4 unspecified atom stereocenters. The number of hydrogen-bond donors (Lipinski definition) is 0. The van der Waals surface area contributed by atoms with E-state index in [-0.39, 0.29) is 0 Å². The van der Waals surface area contributed by atoms with Crippen LogP contribution < -0.4 is 0 Å². The van der Waals surface area contributed by atoms with Crippen molar-refractivity contribution in [1.29, 1.82) is 0 Å². The SMILES string of the molecule is CCCC[S+]([O-])CCCCCCCCCC[C@@H]1Cc2cc(C)ccc2C2CC[C@@]3(C)C(CC[C@@H]3C)C21. The topological polar surface area (TPSA) is 23.1 Å². The van der Waals surface area contributed by atoms with Gasteiger partial charge in [-0.2, -0.15) is 0 Å². The molecule has 0 aromatic heterocycles. The number of hydrogen-bond acceptors (Lipinski definition) is 1. The summed E-state index contributed by atoms with van der Waals surface area (Å²) in [6.45, 7) is 9.69. The molecule has 36 heavy (non-hydrogen) atoms. The molecule has 0 aliphatic heterocycles. The maximum Gasteiger partial charge on any atom is 0.105 e. The average molecular weight is 513 g/mol. The van der Waals surface area contributed by atoms with E-state index in [0.29, 0.717) is 5.41 Å². The number of aryl methyl sites for hydroxylation is 1. The van der Waals surface area contributed by atoms with Gasteiger partial charge in [0.2, 0.25) is 0 Å². The molecule has 3 aliphatic rings. The highest BCUT2D eigenvalue weighted by Gasteiger charge is 2.55. The smallest absolute Gasteiger partial charge is 0.105 e. The first kappa shape index (κ1) is 28.5. The Hall–Kier alpha value is -0.470. The Balaban J connectivity index is 1.22. The van der Waals surface area contributed by atoms with E-state index < -0.39 is 11.2 Å². The van der Waals surface area contributed by atoms with Crippen molar-refractivity contribution in [3.63, 3.8) is 0 Å². The molecule has 1 aromatic rings. The van der Waals surface area contributed by atoms with Gasteiger partial charge in [0, 0.05) is 0 Å². The molecule has 0 heterocycles. The van der Waals surface area contributed by atoms with Crippen molar-refractivity contribution in [3.8, 4) is 0 Å². The Labute approximate surface area is 227 Å². The molecule has 0 N–H and O–H groups in total. The van der Waals surface area contributed by atoms with E-state index in [2.05, 4.69) is 45.9 Å². The van der Waals surface area contributed by atoms with Gasteiger partial charge < -0.3 is 4.55 Å². The zero-order valence-corrected chi connectivity index (χ0v) is 25.0. The number of benzene rings is 1. The summed E-state index contributed by atoms with van der Waals surface area (Å²) in [6, 6.07) is 7.43. The Morgan fingerprint density at radius 1 is 0.917 bits per heavy atom. The van der Waals surface area contributed by atoms with Gasteiger partial charge in [-0.15, -0.1) is 0 Å². The van der Waals surface area contributed by atoms with Crippen LogP contribution in [-0.4, -0.2) is 16.1 Å². The summed E-state index contributed by atoms with van der Waals surface area (Å²) in [5.74, 6) is 6.41. The van der Waals surface area contributed by atoms with Crippen LogP contribution in [-0.2, 0) is 17.6 Å². The summed E-state index contributed by atoms with van der Waals surface area (Å²) in [5, 5.41) is 0. The van der Waals surface area contributed by atoms with Gasteiger partial charge in [-0.1, -0.05) is 101 Å². The van der Waals surface area contributed by atoms with E-state index >= 15 is 0 Å². The molecule has 4 rings (SSSR count). The molecule has 0 spiro atoms. The molecule has 1 nitrogen and oxygen atoms in total. The van der Waals surface area contributed by atoms with E-state index in [1.54, 1.807) is 11.1 Å². The van der Waals surface area contributed by atoms with Crippen LogP contribution in [0, 0.1) is 36.0 Å². The van der Waals surface area contributed by atoms with E-state index in [1.165, 1.54) is 102 Å². The number of unbranched alkanes of at least 4 members (excludes halogenated alkanes) is 8. The minimum atomic E-state index is -0.559. The van der Waals surface area contributed by atoms with E-state index in [4.69, 9.17) is 0 Å². The molecular formula is C34H56OS. The Morgan fingerprint density at radius 2 is 1.61 bits per heavy atom. The molecule has 1 aromatic carbocycles. The third-order valence-electron chi connectivity index (χ3n) is 11.0. The summed E-state index contributed by atoms with van der Waals surface area (Å²) in [6.07, 6.45) is 21.8. The normalized spacial score (nSPS) is 32.1. The first-order valence-electron chi connectivity index (χ1n) is 15.9. The van der Waals surface area contributed by atoms with Crippen LogP contribution in [0.2, 0.25) is 0 Å². The van der Waals surface area contributed by atoms with Gasteiger partial charge in [-0.25, -0.2) is 0 Å². The molecule has 2 fully saturated rings. The fourth-order valence-corrected chi connectivity index (χ4v) is 9.94. The molecular weight excluding hydrogens is 456 g/mol. The molecule has 0 saturated heterocycles. The highest BCUT2D eigenvalue weighted by molar-refractivity contribution is 7.91. The van der Waals surface area contributed by atoms with Gasteiger partial charge in [0.25, 0.3) is 0 Å². The second kappa shape index (κ2) is 13.5. The molecule has 0 amide bonds. The van der Waals surface area contributed by atoms with Gasteiger partial charge in [0.15, 0.2) is 0 Å². The highest BCUT2D eigenvalue weighted by Crippen LogP contribution is 2.64. The fraction of sp³-hybridized carbons (Fsp3) is 0.824. The van der Waals surface area contributed by atoms with E-state index in [0.717, 1.165) is 47.5 Å². The van der Waals surface area contributed by atoms with Gasteiger partial charge in [0.1, 0.15) is 11.5 Å². The lowest BCUT2D eigenvalue weighted by Gasteiger charge is -2.53. The second-order valence-corrected chi connectivity index (χ2v) is 15.0. The van der Waals surface area contributed by atoms with Crippen molar-refractivity contribution in [2.45, 2.75) is 136 Å². The van der Waals surface area contributed by atoms with Crippen LogP contribution in [0.15, 0.2) is 18.2 Å². The lowest BCUT2D eigenvalue weighted by Crippen LogP contribution is -2.45. The fourth-order valence-electron chi connectivity index (χ4n) is 8.60. The molecule has 0 bridgehead atoms. The predicted molar refractivity (Wildman–Crippen MR) is 158 cm³/mol. The van der Waals surface area contributed by atoms with Crippen LogP contribution in [0.1, 0.15) is 140 Å². The van der Waals surface area contributed by atoms with Crippen LogP contribution in [0.25, 0.3) is 0 Å². The van der Waals surface area contributed by atoms with Gasteiger partial charge >= 0.3 is 0 Å². The van der Waals surface area contributed by atoms with Crippen LogP contribution in [0.4, 0.5) is 0 Å². The molecule has 0 radical (unpaired) electrons. The van der Waals surface area contributed by atoms with Crippen molar-refractivity contribution >= 4 is 11.2 Å². The first-order valence-corrected chi connectivity index (χ1v) is 17.4. The third-order valence-corrected chi connectivity index (χ3v) is 12.4. The summed E-state index contributed by atoms with van der Waals surface area (Å²) >= 11 is -0.559. The van der Waals surface area contributed by atoms with Crippen LogP contribution in [0.5, 0.6) is 0 Å². The molecule has 7 atom stereocenters. The standard InChI is InChI=1S/C34H56OS/c1-5-6-22-36(35)23-14-12-10-8-7-9-11-13-15-28-25-29-24-26(2)16-18-30(29)31-20-21-34(4)27(3)17-19-32(34)33(28)31/h16,18,24,27-28,31-33H,5-15,17,19-23,25H2,1-4H3/t27-,28+,31?,32?,33?,34+,36?/m0/s1. The second-order valence-electron chi connectivity index (χ2n) is 13.3. The number of rotatable bonds is 14. The minimum Gasteiger partial charge on any atom is -0.616 e. The number of fused-ring (bicyclic) bond motifs is 5. The van der Waals surface area contributed by atoms with Crippen molar-refractivity contribution < 1.29 is 4.55 Å². The minimum absolute atomic E-state index is 0.559. The average Bonchev–Trinajstić information content (AvgIpc) is 3.17. The zero-order valence-electron chi connectivity index (χ0n) is 24.2. The van der Waals surface area contributed by atoms with E-state index in [1.807, 2.05) is 0 Å². The monoisotopic (exact) mass is 512 g/mol. The summed E-state index contributed by atoms with van der Waals surface area (Å²) in [4.78, 5) is 0. The third kappa shape index (κ3) is 6.74. The van der Waals surface area contributed by atoms with Crippen molar-refractivity contribution in [2.24, 2.45) is 29.1 Å². The lowest BCUT2D eigenvalue weighted by atomic mass is 9.51. The Bertz CT molecular complexity index is 804. The first-order chi connectivity index (χ1) is 17.4. The molecule has 3 aliphatic carbocycles. The van der Waals surface area contributed by atoms with Gasteiger partial charge in [-0.05, 0) is 111 Å². The summed E-state index contributed by atoms with van der Waals surface area (Å²) in [5.41, 5.74) is 5.49. The van der Waals surface area contributed by atoms with Crippen molar-refractivity contribution in [3.05, 3.63) is 34.9 Å². The maximum atomic E-state index is 11.9. The zero-order chi connectivity index (χ0) is 25.5. The predicted octanol–water partition coefficient (Wildman–Crippen LogP) is 9.77. The van der Waals surface area contributed by atoms with Crippen LogP contribution >= 0.6 is 0 Å². The largest absolute Gasteiger partial charge is 0.616 e. The summed E-state index contributed by atoms with van der Waals surface area (Å²) in [7, 11) is 0. The summed E-state index contributed by atoms with van der Waals surface area (Å²) < 4.78 is 11.9. The molecule has 2 saturated carbocycles. The van der Waals surface area contributed by atoms with Gasteiger partial charge in [0.05, 0.1) is 0 Å². The van der Waals surface area contributed by atoms with Gasteiger partial charge in [-0.3, -0.25) is 0 Å². The Morgan fingerprint density at radius 3 is 2.36 bits per heavy atom. The maximum absolute atomic E-state index is 11.9. The lowest BCUT2D eigenvalue weighted by molar-refractivity contribution is 0.00273.